The summed E-state index contributed by atoms with van der Waals surface area (Å²) >= 11 is 17.5. The molecular formula is C19H17BrCl2N2S. The van der Waals surface area contributed by atoms with Gasteiger partial charge in [0.15, 0.2) is 0 Å². The molecule has 2 nitrogen and oxygen atoms in total. The molecule has 1 heterocycles. The van der Waals surface area contributed by atoms with Gasteiger partial charge >= 0.3 is 0 Å². The number of nitrogens with zero attached hydrogens (tertiary/aromatic N) is 2. The maximum Gasteiger partial charge on any atom is 0.0946 e. The van der Waals surface area contributed by atoms with Crippen molar-refractivity contribution < 1.29 is 0 Å². The summed E-state index contributed by atoms with van der Waals surface area (Å²) in [7, 11) is 0. The van der Waals surface area contributed by atoms with Gasteiger partial charge < -0.3 is 4.57 Å². The van der Waals surface area contributed by atoms with E-state index in [1.54, 1.807) is 0 Å². The summed E-state index contributed by atoms with van der Waals surface area (Å²) in [6.07, 6.45) is 7.77. The van der Waals surface area contributed by atoms with Gasteiger partial charge in [-0.3, -0.25) is 0 Å². The number of benzene rings is 2. The fourth-order valence-corrected chi connectivity index (χ4v) is 4.37. The Bertz CT molecular complexity index is 807. The van der Waals surface area contributed by atoms with Crippen molar-refractivity contribution in [2.75, 3.05) is 0 Å². The highest BCUT2D eigenvalue weighted by atomic mass is 79.9. The lowest BCUT2D eigenvalue weighted by Gasteiger charge is -2.18. The summed E-state index contributed by atoms with van der Waals surface area (Å²) < 4.78 is 3.23. The molecule has 130 valence electrons. The Labute approximate surface area is 170 Å². The number of aromatic nitrogens is 2. The third-order valence-corrected chi connectivity index (χ3v) is 6.35. The number of thioether (sulfide) groups is 1. The highest BCUT2D eigenvalue weighted by molar-refractivity contribution is 9.10. The van der Waals surface area contributed by atoms with E-state index in [1.807, 2.05) is 48.7 Å². The Kier molecular flexibility index (Phi) is 6.88. The molecule has 2 aromatic carbocycles. The SMILES string of the molecule is Clc1ccc(SC(CCc2ccc(Br)cc2)Cn2ccnc2)cc1Cl. The third kappa shape index (κ3) is 5.78. The average molecular weight is 456 g/mol. The second-order valence-corrected chi connectivity index (χ2v) is 8.84. The molecule has 1 unspecified atom stereocenters. The summed E-state index contributed by atoms with van der Waals surface area (Å²) in [6, 6.07) is 14.3. The molecule has 0 aliphatic rings. The third-order valence-electron chi connectivity index (χ3n) is 3.84. The van der Waals surface area contributed by atoms with Gasteiger partial charge in [0.25, 0.3) is 0 Å². The summed E-state index contributed by atoms with van der Waals surface area (Å²) in [5.74, 6) is 0. The van der Waals surface area contributed by atoms with Gasteiger partial charge in [0, 0.05) is 33.6 Å². The highest BCUT2D eigenvalue weighted by Crippen LogP contribution is 2.32. The van der Waals surface area contributed by atoms with Crippen LogP contribution >= 0.6 is 50.9 Å². The van der Waals surface area contributed by atoms with Crippen LogP contribution in [-0.2, 0) is 13.0 Å². The van der Waals surface area contributed by atoms with Crippen LogP contribution in [-0.4, -0.2) is 14.8 Å². The molecule has 0 N–H and O–H groups in total. The van der Waals surface area contributed by atoms with Crippen molar-refractivity contribution in [2.45, 2.75) is 29.5 Å². The summed E-state index contributed by atoms with van der Waals surface area (Å²) in [5.41, 5.74) is 1.34. The zero-order chi connectivity index (χ0) is 17.6. The Morgan fingerprint density at radius 3 is 2.56 bits per heavy atom. The van der Waals surface area contributed by atoms with Crippen LogP contribution in [0, 0.1) is 0 Å². The van der Waals surface area contributed by atoms with Crippen LogP contribution in [0.5, 0.6) is 0 Å². The van der Waals surface area contributed by atoms with E-state index in [-0.39, 0.29) is 0 Å². The van der Waals surface area contributed by atoms with Crippen LogP contribution in [0.2, 0.25) is 10.0 Å². The number of imidazole rings is 1. The van der Waals surface area contributed by atoms with Gasteiger partial charge in [0.05, 0.1) is 16.4 Å². The van der Waals surface area contributed by atoms with Crippen LogP contribution in [0.25, 0.3) is 0 Å². The van der Waals surface area contributed by atoms with E-state index in [1.165, 1.54) is 5.56 Å². The Balaban J connectivity index is 1.69. The Morgan fingerprint density at radius 1 is 1.08 bits per heavy atom. The minimum Gasteiger partial charge on any atom is -0.336 e. The Morgan fingerprint density at radius 2 is 1.88 bits per heavy atom. The van der Waals surface area contributed by atoms with Crippen molar-refractivity contribution >= 4 is 50.9 Å². The van der Waals surface area contributed by atoms with Crippen LogP contribution in [0.3, 0.4) is 0 Å². The Hall–Kier alpha value is -0.940. The monoisotopic (exact) mass is 454 g/mol. The molecular weight excluding hydrogens is 439 g/mol. The summed E-state index contributed by atoms with van der Waals surface area (Å²) in [4.78, 5) is 5.28. The number of hydrogen-bond donors (Lipinski definition) is 0. The number of rotatable bonds is 7. The van der Waals surface area contributed by atoms with Gasteiger partial charge in [0.2, 0.25) is 0 Å². The predicted molar refractivity (Wildman–Crippen MR) is 111 cm³/mol. The summed E-state index contributed by atoms with van der Waals surface area (Å²) in [6.45, 7) is 0.904. The van der Waals surface area contributed by atoms with Gasteiger partial charge in [-0.15, -0.1) is 11.8 Å². The van der Waals surface area contributed by atoms with Gasteiger partial charge in [-0.05, 0) is 48.7 Å². The zero-order valence-electron chi connectivity index (χ0n) is 13.4. The topological polar surface area (TPSA) is 17.8 Å². The molecule has 0 bridgehead atoms. The maximum absolute atomic E-state index is 6.16. The number of hydrogen-bond acceptors (Lipinski definition) is 2. The van der Waals surface area contributed by atoms with E-state index in [9.17, 15) is 0 Å². The van der Waals surface area contributed by atoms with Crippen molar-refractivity contribution in [3.63, 3.8) is 0 Å². The zero-order valence-corrected chi connectivity index (χ0v) is 17.3. The summed E-state index contributed by atoms with van der Waals surface area (Å²) in [5, 5.41) is 1.60. The van der Waals surface area contributed by atoms with E-state index >= 15 is 0 Å². The first-order valence-electron chi connectivity index (χ1n) is 7.92. The first kappa shape index (κ1) is 18.8. The van der Waals surface area contributed by atoms with E-state index in [2.05, 4.69) is 49.7 Å². The van der Waals surface area contributed by atoms with Crippen LogP contribution in [0.4, 0.5) is 0 Å². The molecule has 1 aromatic heterocycles. The molecule has 0 radical (unpaired) electrons. The minimum absolute atomic E-state index is 0.412. The molecule has 0 aliphatic heterocycles. The van der Waals surface area contributed by atoms with Gasteiger partial charge in [0.1, 0.15) is 0 Å². The van der Waals surface area contributed by atoms with E-state index in [0.717, 1.165) is 28.8 Å². The van der Waals surface area contributed by atoms with Crippen LogP contribution in [0.15, 0.2) is 70.6 Å². The molecule has 3 aromatic rings. The molecule has 0 saturated heterocycles. The molecule has 0 amide bonds. The molecule has 3 rings (SSSR count). The predicted octanol–water partition coefficient (Wildman–Crippen LogP) is 6.75. The molecule has 1 atom stereocenters. The first-order chi connectivity index (χ1) is 12.1. The smallest absolute Gasteiger partial charge is 0.0946 e. The van der Waals surface area contributed by atoms with E-state index in [0.29, 0.717) is 15.3 Å². The largest absolute Gasteiger partial charge is 0.336 e. The second-order valence-electron chi connectivity index (χ2n) is 5.74. The van der Waals surface area contributed by atoms with Gasteiger partial charge in [-0.25, -0.2) is 4.98 Å². The standard InChI is InChI=1S/C19H17BrCl2N2S/c20-15-4-1-14(2-5-15)3-6-17(12-24-10-9-23-13-24)25-16-7-8-18(21)19(22)11-16/h1-2,4-5,7-11,13,17H,3,6,12H2. The molecule has 0 aliphatic carbocycles. The average Bonchev–Trinajstić information content (AvgIpc) is 3.10. The highest BCUT2D eigenvalue weighted by Gasteiger charge is 2.13. The maximum atomic E-state index is 6.16. The van der Waals surface area contributed by atoms with Crippen LogP contribution in [0.1, 0.15) is 12.0 Å². The van der Waals surface area contributed by atoms with E-state index < -0.39 is 0 Å². The van der Waals surface area contributed by atoms with Gasteiger partial charge in [-0.2, -0.15) is 0 Å². The van der Waals surface area contributed by atoms with Gasteiger partial charge in [-0.1, -0.05) is 51.3 Å². The number of halogens is 3. The van der Waals surface area contributed by atoms with Crippen molar-refractivity contribution in [1.82, 2.24) is 9.55 Å². The fourth-order valence-electron chi connectivity index (χ4n) is 2.54. The molecule has 6 heteroatoms. The van der Waals surface area contributed by atoms with E-state index in [4.69, 9.17) is 23.2 Å². The first-order valence-corrected chi connectivity index (χ1v) is 10.3. The second kappa shape index (κ2) is 9.13. The minimum atomic E-state index is 0.412. The quantitative estimate of drug-likeness (QED) is 0.367. The van der Waals surface area contributed by atoms with Crippen LogP contribution < -0.4 is 0 Å². The molecule has 0 spiro atoms. The molecule has 25 heavy (non-hydrogen) atoms. The lowest BCUT2D eigenvalue weighted by Crippen LogP contribution is -2.13. The van der Waals surface area contributed by atoms with Crippen molar-refractivity contribution in [1.29, 1.82) is 0 Å². The number of aryl methyl sites for hydroxylation is 1. The van der Waals surface area contributed by atoms with Crippen molar-refractivity contribution in [2.24, 2.45) is 0 Å². The normalized spacial score (nSPS) is 12.3. The molecule has 0 fully saturated rings. The fraction of sp³-hybridized carbons (Fsp3) is 0.211. The van der Waals surface area contributed by atoms with Crippen molar-refractivity contribution in [3.8, 4) is 0 Å². The lowest BCUT2D eigenvalue weighted by molar-refractivity contribution is 0.624. The van der Waals surface area contributed by atoms with Crippen molar-refractivity contribution in [3.05, 3.63) is 81.3 Å². The lowest BCUT2D eigenvalue weighted by atomic mass is 10.1. The molecule has 0 saturated carbocycles.